The first-order valence-corrected chi connectivity index (χ1v) is 10.5. The van der Waals surface area contributed by atoms with E-state index in [1.807, 2.05) is 19.2 Å². The van der Waals surface area contributed by atoms with E-state index in [1.54, 1.807) is 12.4 Å². The lowest BCUT2D eigenvalue weighted by molar-refractivity contribution is -0.212. The number of nitrogens with one attached hydrogen (secondary N) is 1. The summed E-state index contributed by atoms with van der Waals surface area (Å²) in [5.74, 6) is -0.920. The zero-order chi connectivity index (χ0) is 25.4. The minimum Gasteiger partial charge on any atom is -0.412 e. The van der Waals surface area contributed by atoms with Crippen molar-refractivity contribution < 1.29 is 26.8 Å². The van der Waals surface area contributed by atoms with Gasteiger partial charge in [0.2, 0.25) is 12.2 Å². The van der Waals surface area contributed by atoms with E-state index in [0.717, 1.165) is 41.6 Å². The van der Waals surface area contributed by atoms with Crippen LogP contribution < -0.4 is 0 Å². The van der Waals surface area contributed by atoms with Gasteiger partial charge in [-0.3, -0.25) is 9.69 Å². The molecular weight excluding hydrogens is 486 g/mol. The molecule has 5 aromatic rings. The molecule has 0 radical (unpaired) electrons. The summed E-state index contributed by atoms with van der Waals surface area (Å²) in [5.41, 5.74) is 3.56. The maximum Gasteiger partial charge on any atom is 0.504 e. The summed E-state index contributed by atoms with van der Waals surface area (Å²) in [7, 11) is 2.04. The molecule has 1 atom stereocenters. The Hall–Kier alpha value is -4.40. The van der Waals surface area contributed by atoms with E-state index in [-0.39, 0.29) is 40.4 Å². The van der Waals surface area contributed by atoms with Crippen molar-refractivity contribution in [3.05, 3.63) is 71.8 Å². The molecule has 11 nitrogen and oxygen atoms in total. The predicted octanol–water partition coefficient (Wildman–Crippen LogP) is 3.00. The summed E-state index contributed by atoms with van der Waals surface area (Å²) in [4.78, 5) is 20.0. The number of likely N-dealkylation sites (N-methyl/N-ethyl adjacent to an activating group) is 1. The van der Waals surface area contributed by atoms with Crippen molar-refractivity contribution in [2.45, 2.75) is 18.8 Å². The predicted molar refractivity (Wildman–Crippen MR) is 114 cm³/mol. The smallest absolute Gasteiger partial charge is 0.412 e. The number of aromatic amines is 1. The van der Waals surface area contributed by atoms with Gasteiger partial charge in [-0.25, -0.2) is 9.50 Å². The van der Waals surface area contributed by atoms with Crippen molar-refractivity contribution in [1.29, 1.82) is 0 Å². The molecule has 0 aromatic carbocycles. The Morgan fingerprint density at radius 1 is 1.19 bits per heavy atom. The number of carbonyl (C=O) groups excluding carboxylic acids is 1. The van der Waals surface area contributed by atoms with Crippen molar-refractivity contribution in [2.24, 2.45) is 0 Å². The number of fused-ring (bicyclic) bond motifs is 2. The average molecular weight is 503 g/mol. The monoisotopic (exact) mass is 503 g/mol. The second-order valence-corrected chi connectivity index (χ2v) is 7.83. The number of imidazole rings is 1. The van der Waals surface area contributed by atoms with Gasteiger partial charge in [0.25, 0.3) is 11.8 Å². The maximum atomic E-state index is 13.8. The van der Waals surface area contributed by atoms with Gasteiger partial charge in [-0.1, -0.05) is 6.07 Å². The van der Waals surface area contributed by atoms with E-state index in [1.165, 1.54) is 10.6 Å². The fourth-order valence-corrected chi connectivity index (χ4v) is 3.86. The van der Waals surface area contributed by atoms with Crippen molar-refractivity contribution in [3.63, 3.8) is 0 Å². The Balaban J connectivity index is 0.000000152. The zero-order valence-corrected chi connectivity index (χ0v) is 18.5. The summed E-state index contributed by atoms with van der Waals surface area (Å²) < 4.78 is 56.1. The second-order valence-electron chi connectivity index (χ2n) is 7.83. The van der Waals surface area contributed by atoms with Crippen LogP contribution in [-0.4, -0.2) is 64.3 Å². The third kappa shape index (κ3) is 4.35. The van der Waals surface area contributed by atoms with E-state index in [4.69, 9.17) is 4.42 Å². The quantitative estimate of drug-likeness (QED) is 0.227. The zero-order valence-electron chi connectivity index (χ0n) is 18.5. The number of aromatic nitrogens is 8. The Labute approximate surface area is 199 Å². The Kier molecular flexibility index (Phi) is 5.83. The van der Waals surface area contributed by atoms with Crippen LogP contribution in [0.4, 0.5) is 17.6 Å². The van der Waals surface area contributed by atoms with Gasteiger partial charge in [-0.2, -0.15) is 19.3 Å². The summed E-state index contributed by atoms with van der Waals surface area (Å²) in [6.07, 6.45) is -0.944. The van der Waals surface area contributed by atoms with Crippen LogP contribution >= 0.6 is 0 Å². The average Bonchev–Trinajstić information content (AvgIpc) is 3.64. The molecule has 1 unspecified atom stereocenters. The molecule has 6 rings (SSSR count). The summed E-state index contributed by atoms with van der Waals surface area (Å²) >= 11 is 0. The fraction of sp³-hybridized carbons (Fsp3) is 0.238. The van der Waals surface area contributed by atoms with E-state index in [0.29, 0.717) is 6.20 Å². The SMILES string of the molecule is CN1CCc2[nH]cnc2C1c1cc2cccc(F)n2n1.O=Cc1nnc(-c2ccn(C(F)(F)F)n2)o1. The van der Waals surface area contributed by atoms with E-state index < -0.39 is 6.30 Å². The third-order valence-corrected chi connectivity index (χ3v) is 5.51. The van der Waals surface area contributed by atoms with Crippen LogP contribution in [0.2, 0.25) is 0 Å². The van der Waals surface area contributed by atoms with Crippen LogP contribution in [0.3, 0.4) is 0 Å². The molecule has 1 aliphatic heterocycles. The number of hydrogen-bond acceptors (Lipinski definition) is 8. The lowest BCUT2D eigenvalue weighted by Gasteiger charge is -2.30. The van der Waals surface area contributed by atoms with Gasteiger partial charge in [0.05, 0.1) is 29.3 Å². The van der Waals surface area contributed by atoms with Crippen molar-refractivity contribution in [2.75, 3.05) is 13.6 Å². The number of nitrogens with zero attached hydrogens (tertiary/aromatic N) is 8. The lowest BCUT2D eigenvalue weighted by atomic mass is 10.0. The van der Waals surface area contributed by atoms with Crippen LogP contribution in [0, 0.1) is 5.95 Å². The Bertz CT molecular complexity index is 1520. The number of carbonyl (C=O) groups is 1. The van der Waals surface area contributed by atoms with Gasteiger partial charge >= 0.3 is 6.30 Å². The number of pyridine rings is 1. The number of hydrogen-bond donors (Lipinski definition) is 1. The van der Waals surface area contributed by atoms with Crippen LogP contribution in [0.1, 0.15) is 33.8 Å². The normalized spacial score (nSPS) is 16.0. The first-order chi connectivity index (χ1) is 17.2. The van der Waals surface area contributed by atoms with Crippen LogP contribution in [0.15, 0.2) is 47.3 Å². The van der Waals surface area contributed by atoms with Gasteiger partial charge in [0.15, 0.2) is 0 Å². The van der Waals surface area contributed by atoms with E-state index in [2.05, 4.69) is 35.3 Å². The highest BCUT2D eigenvalue weighted by Gasteiger charge is 2.32. The summed E-state index contributed by atoms with van der Waals surface area (Å²) in [5, 5.41) is 14.2. The Morgan fingerprint density at radius 3 is 2.72 bits per heavy atom. The second kappa shape index (κ2) is 8.99. The maximum absolute atomic E-state index is 13.8. The molecule has 0 bridgehead atoms. The van der Waals surface area contributed by atoms with Crippen LogP contribution in [-0.2, 0) is 12.7 Å². The molecule has 36 heavy (non-hydrogen) atoms. The first kappa shape index (κ1) is 23.3. The highest BCUT2D eigenvalue weighted by Crippen LogP contribution is 2.32. The molecular formula is C21H17F4N9O2. The number of H-pyrrole nitrogens is 1. The molecule has 0 fully saturated rings. The highest BCUT2D eigenvalue weighted by molar-refractivity contribution is 5.67. The largest absolute Gasteiger partial charge is 0.504 e. The van der Waals surface area contributed by atoms with Crippen molar-refractivity contribution >= 4 is 11.8 Å². The lowest BCUT2D eigenvalue weighted by Crippen LogP contribution is -2.33. The van der Waals surface area contributed by atoms with E-state index >= 15 is 0 Å². The molecule has 1 N–H and O–H groups in total. The van der Waals surface area contributed by atoms with Gasteiger partial charge < -0.3 is 9.40 Å². The molecule has 0 spiro atoms. The van der Waals surface area contributed by atoms with Crippen molar-refractivity contribution in [1.82, 2.24) is 44.5 Å². The minimum atomic E-state index is -4.61. The fourth-order valence-electron chi connectivity index (χ4n) is 3.86. The molecule has 1 aliphatic rings. The van der Waals surface area contributed by atoms with Gasteiger partial charge in [-0.05, 0) is 31.3 Å². The molecule has 0 saturated carbocycles. The topological polar surface area (TPSA) is 123 Å². The Morgan fingerprint density at radius 2 is 2.03 bits per heavy atom. The van der Waals surface area contributed by atoms with E-state index in [9.17, 15) is 22.4 Å². The van der Waals surface area contributed by atoms with Gasteiger partial charge in [-0.15, -0.1) is 23.4 Å². The highest BCUT2D eigenvalue weighted by atomic mass is 19.4. The van der Waals surface area contributed by atoms with Crippen molar-refractivity contribution in [3.8, 4) is 11.6 Å². The first-order valence-electron chi connectivity index (χ1n) is 10.5. The summed E-state index contributed by atoms with van der Waals surface area (Å²) in [6, 6.07) is 7.91. The molecule has 5 aromatic heterocycles. The number of rotatable bonds is 3. The molecule has 186 valence electrons. The molecule has 15 heteroatoms. The summed E-state index contributed by atoms with van der Waals surface area (Å²) in [6.45, 7) is 0.927. The van der Waals surface area contributed by atoms with Crippen LogP contribution in [0.5, 0.6) is 0 Å². The number of alkyl halides is 3. The van der Waals surface area contributed by atoms with Gasteiger partial charge in [0.1, 0.15) is 5.69 Å². The standard InChI is InChI=1S/C14H14FN5.C7H3F3N4O2/c1-19-6-5-10-13(17-8-16-10)14(19)11-7-9-3-2-4-12(15)20(9)18-11;8-7(9,10)14-2-1-4(13-14)6-12-11-5(3-15)16-6/h2-4,7-8,14H,5-6H2,1H3,(H,16,17);1-3H. The number of aldehydes is 1. The van der Waals surface area contributed by atoms with Crippen LogP contribution in [0.25, 0.3) is 17.1 Å². The number of halogens is 4. The van der Waals surface area contributed by atoms with Gasteiger partial charge in [0, 0.05) is 24.9 Å². The molecule has 6 heterocycles. The minimum absolute atomic E-state index is 0.0238. The third-order valence-electron chi connectivity index (χ3n) is 5.51. The molecule has 0 saturated heterocycles. The molecule has 0 aliphatic carbocycles. The molecule has 0 amide bonds.